The van der Waals surface area contributed by atoms with Crippen LogP contribution in [0.15, 0.2) is 24.3 Å². The molecule has 68 valence electrons. The maximum atomic E-state index is 9.46. The molecule has 2 heteroatoms. The van der Waals surface area contributed by atoms with Crippen molar-refractivity contribution in [3.63, 3.8) is 0 Å². The first-order valence-corrected chi connectivity index (χ1v) is 4.08. The van der Waals surface area contributed by atoms with Crippen molar-refractivity contribution in [3.05, 3.63) is 35.4 Å². The molecule has 2 nitrogen and oxygen atoms in total. The van der Waals surface area contributed by atoms with Gasteiger partial charge in [-0.2, -0.15) is 0 Å². The minimum atomic E-state index is -0.798. The molecule has 0 saturated carbocycles. The van der Waals surface area contributed by atoms with Gasteiger partial charge in [0, 0.05) is 0 Å². The molecule has 13 heavy (non-hydrogen) atoms. The summed E-state index contributed by atoms with van der Waals surface area (Å²) in [5, 5.41) is 17.9. The average Bonchev–Trinajstić information content (AvgIpc) is 2.15. The highest BCUT2D eigenvalue weighted by atomic mass is 16.3. The Kier molecular flexibility index (Phi) is 3.51. The van der Waals surface area contributed by atoms with Crippen LogP contribution in [0.25, 0.3) is 0 Å². The van der Waals surface area contributed by atoms with E-state index in [0.29, 0.717) is 0 Å². The summed E-state index contributed by atoms with van der Waals surface area (Å²) >= 11 is 0. The number of aliphatic hydroxyl groups is 2. The van der Waals surface area contributed by atoms with Crippen molar-refractivity contribution in [3.8, 4) is 11.8 Å². The van der Waals surface area contributed by atoms with Gasteiger partial charge >= 0.3 is 0 Å². The minimum Gasteiger partial charge on any atom is -0.384 e. The highest BCUT2D eigenvalue weighted by Crippen LogP contribution is 2.11. The first-order valence-electron chi connectivity index (χ1n) is 4.08. The van der Waals surface area contributed by atoms with Gasteiger partial charge in [-0.25, -0.2) is 0 Å². The maximum absolute atomic E-state index is 9.46. The van der Waals surface area contributed by atoms with E-state index in [1.54, 1.807) is 0 Å². The zero-order valence-electron chi connectivity index (χ0n) is 7.49. The number of hydrogen-bond donors (Lipinski definition) is 2. The summed E-state index contributed by atoms with van der Waals surface area (Å²) < 4.78 is 0. The molecule has 0 saturated heterocycles. The highest BCUT2D eigenvalue weighted by Gasteiger charge is 2.01. The number of benzene rings is 1. The molecule has 2 N–H and O–H groups in total. The summed E-state index contributed by atoms with van der Waals surface area (Å²) in [6.45, 7) is 1.76. The Morgan fingerprint density at radius 3 is 2.46 bits per heavy atom. The van der Waals surface area contributed by atoms with Crippen LogP contribution in [0, 0.1) is 18.8 Å². The van der Waals surface area contributed by atoms with Crippen LogP contribution in [-0.4, -0.2) is 16.8 Å². The van der Waals surface area contributed by atoms with Gasteiger partial charge < -0.3 is 10.2 Å². The van der Waals surface area contributed by atoms with Crippen LogP contribution in [0.5, 0.6) is 0 Å². The van der Waals surface area contributed by atoms with E-state index in [1.165, 1.54) is 0 Å². The van der Waals surface area contributed by atoms with Gasteiger partial charge in [0.25, 0.3) is 0 Å². The predicted molar refractivity (Wildman–Crippen MR) is 51.0 cm³/mol. The molecule has 0 bridgehead atoms. The highest BCUT2D eigenvalue weighted by molar-refractivity contribution is 5.27. The van der Waals surface area contributed by atoms with E-state index in [2.05, 4.69) is 11.8 Å². The normalized spacial score (nSPS) is 11.6. The zero-order chi connectivity index (χ0) is 9.68. The SMILES string of the molecule is Cc1ccc(C(O)C#CCO)cc1. The van der Waals surface area contributed by atoms with Gasteiger partial charge in [-0.15, -0.1) is 0 Å². The Morgan fingerprint density at radius 1 is 1.31 bits per heavy atom. The molecular formula is C11H12O2. The Labute approximate surface area is 77.8 Å². The third kappa shape index (κ3) is 2.90. The first-order chi connectivity index (χ1) is 6.24. The summed E-state index contributed by atoms with van der Waals surface area (Å²) in [6, 6.07) is 7.48. The minimum absolute atomic E-state index is 0.219. The van der Waals surface area contributed by atoms with E-state index in [4.69, 9.17) is 5.11 Å². The molecule has 0 spiro atoms. The van der Waals surface area contributed by atoms with E-state index in [9.17, 15) is 5.11 Å². The smallest absolute Gasteiger partial charge is 0.140 e. The molecule has 1 aromatic rings. The topological polar surface area (TPSA) is 40.5 Å². The molecule has 0 aliphatic carbocycles. The van der Waals surface area contributed by atoms with Crippen molar-refractivity contribution in [2.24, 2.45) is 0 Å². The third-order valence-electron chi connectivity index (χ3n) is 1.71. The quantitative estimate of drug-likeness (QED) is 0.627. The van der Waals surface area contributed by atoms with Crippen molar-refractivity contribution < 1.29 is 10.2 Å². The zero-order valence-corrected chi connectivity index (χ0v) is 7.49. The van der Waals surface area contributed by atoms with Crippen LogP contribution in [-0.2, 0) is 0 Å². The number of hydrogen-bond acceptors (Lipinski definition) is 2. The standard InChI is InChI=1S/C11H12O2/c1-9-4-6-10(7-5-9)11(13)3-2-8-12/h4-7,11-13H,8H2,1H3. The van der Waals surface area contributed by atoms with Gasteiger partial charge in [0.1, 0.15) is 12.7 Å². The van der Waals surface area contributed by atoms with E-state index in [0.717, 1.165) is 11.1 Å². The van der Waals surface area contributed by atoms with E-state index in [-0.39, 0.29) is 6.61 Å². The van der Waals surface area contributed by atoms with Crippen molar-refractivity contribution in [2.45, 2.75) is 13.0 Å². The van der Waals surface area contributed by atoms with Crippen LogP contribution in [0.1, 0.15) is 17.2 Å². The molecule has 1 atom stereocenters. The van der Waals surface area contributed by atoms with Crippen LogP contribution in [0.4, 0.5) is 0 Å². The lowest BCUT2D eigenvalue weighted by Gasteiger charge is -2.03. The van der Waals surface area contributed by atoms with Gasteiger partial charge in [0.15, 0.2) is 0 Å². The molecule has 0 aliphatic heterocycles. The fourth-order valence-corrected chi connectivity index (χ4v) is 0.974. The second-order valence-electron chi connectivity index (χ2n) is 2.79. The van der Waals surface area contributed by atoms with E-state index < -0.39 is 6.10 Å². The monoisotopic (exact) mass is 176 g/mol. The maximum Gasteiger partial charge on any atom is 0.140 e. The molecular weight excluding hydrogens is 164 g/mol. The van der Waals surface area contributed by atoms with Crippen molar-refractivity contribution >= 4 is 0 Å². The molecule has 0 heterocycles. The van der Waals surface area contributed by atoms with E-state index in [1.807, 2.05) is 31.2 Å². The molecule has 0 amide bonds. The molecule has 1 aromatic carbocycles. The lowest BCUT2D eigenvalue weighted by Crippen LogP contribution is -1.93. The molecule has 1 unspecified atom stereocenters. The molecule has 0 aliphatic rings. The van der Waals surface area contributed by atoms with E-state index >= 15 is 0 Å². The Bertz CT molecular complexity index is 316. The van der Waals surface area contributed by atoms with Crippen LogP contribution in [0.3, 0.4) is 0 Å². The lowest BCUT2D eigenvalue weighted by atomic mass is 10.1. The average molecular weight is 176 g/mol. The molecule has 1 rings (SSSR count). The summed E-state index contributed by atoms with van der Waals surface area (Å²) in [7, 11) is 0. The Balaban J connectivity index is 2.77. The second-order valence-corrected chi connectivity index (χ2v) is 2.79. The van der Waals surface area contributed by atoms with Crippen molar-refractivity contribution in [1.82, 2.24) is 0 Å². The fourth-order valence-electron chi connectivity index (χ4n) is 0.974. The van der Waals surface area contributed by atoms with Gasteiger partial charge in [0.05, 0.1) is 0 Å². The number of aliphatic hydroxyl groups excluding tert-OH is 2. The second kappa shape index (κ2) is 4.66. The summed E-state index contributed by atoms with van der Waals surface area (Å²) in [5.41, 5.74) is 1.90. The van der Waals surface area contributed by atoms with Crippen molar-refractivity contribution in [2.75, 3.05) is 6.61 Å². The largest absolute Gasteiger partial charge is 0.384 e. The first kappa shape index (κ1) is 9.79. The molecule has 0 radical (unpaired) electrons. The van der Waals surface area contributed by atoms with Gasteiger partial charge in [-0.1, -0.05) is 41.7 Å². The van der Waals surface area contributed by atoms with Crippen LogP contribution < -0.4 is 0 Å². The van der Waals surface area contributed by atoms with Crippen LogP contribution in [0.2, 0.25) is 0 Å². The fraction of sp³-hybridized carbons (Fsp3) is 0.273. The van der Waals surface area contributed by atoms with Gasteiger partial charge in [0.2, 0.25) is 0 Å². The Hall–Kier alpha value is -1.30. The Morgan fingerprint density at radius 2 is 1.92 bits per heavy atom. The predicted octanol–water partition coefficient (Wildman–Crippen LogP) is 1.02. The van der Waals surface area contributed by atoms with Crippen molar-refractivity contribution in [1.29, 1.82) is 0 Å². The summed E-state index contributed by atoms with van der Waals surface area (Å²) in [6.07, 6.45) is -0.798. The summed E-state index contributed by atoms with van der Waals surface area (Å²) in [4.78, 5) is 0. The lowest BCUT2D eigenvalue weighted by molar-refractivity contribution is 0.237. The number of rotatable bonds is 1. The van der Waals surface area contributed by atoms with Gasteiger partial charge in [-0.05, 0) is 12.5 Å². The molecule has 0 aromatic heterocycles. The van der Waals surface area contributed by atoms with Crippen LogP contribution >= 0.6 is 0 Å². The number of aryl methyl sites for hydroxylation is 1. The molecule has 0 fully saturated rings. The van der Waals surface area contributed by atoms with Gasteiger partial charge in [-0.3, -0.25) is 0 Å². The summed E-state index contributed by atoms with van der Waals surface area (Å²) in [5.74, 6) is 4.94. The third-order valence-corrected chi connectivity index (χ3v) is 1.71.